The standard InChI is InChI=1S/C27H25F3O4/c1-17-15-21(10-14-24(17)34-26(2,3)25(32)33)23(31)13-7-18-5-4-6-20(16-18)19-8-11-22(12-9-19)27(28,29)30/h4-6,8-12,14-16H,7,13H2,1-3H3,(H,32,33). The van der Waals surface area contributed by atoms with Crippen molar-refractivity contribution in [1.82, 2.24) is 0 Å². The zero-order chi connectivity index (χ0) is 25.1. The lowest BCUT2D eigenvalue weighted by molar-refractivity contribution is -0.152. The molecule has 178 valence electrons. The molecule has 0 amide bonds. The van der Waals surface area contributed by atoms with Crippen molar-refractivity contribution >= 4 is 11.8 Å². The van der Waals surface area contributed by atoms with Crippen LogP contribution in [-0.4, -0.2) is 22.5 Å². The number of carbonyl (C=O) groups excluding carboxylic acids is 1. The normalized spacial score (nSPS) is 11.8. The molecular formula is C27H25F3O4. The summed E-state index contributed by atoms with van der Waals surface area (Å²) in [5, 5.41) is 9.23. The number of hydrogen-bond donors (Lipinski definition) is 1. The van der Waals surface area contributed by atoms with Crippen LogP contribution in [0, 0.1) is 6.92 Å². The number of hydrogen-bond acceptors (Lipinski definition) is 3. The zero-order valence-corrected chi connectivity index (χ0v) is 19.1. The molecule has 3 aromatic rings. The average Bonchev–Trinajstić information content (AvgIpc) is 2.78. The van der Waals surface area contributed by atoms with Gasteiger partial charge in [-0.05, 0) is 79.8 Å². The lowest BCUT2D eigenvalue weighted by Gasteiger charge is -2.23. The first-order valence-corrected chi connectivity index (χ1v) is 10.7. The molecule has 0 atom stereocenters. The summed E-state index contributed by atoms with van der Waals surface area (Å²) >= 11 is 0. The second kappa shape index (κ2) is 9.71. The number of alkyl halides is 3. The number of aliphatic carboxylic acids is 1. The van der Waals surface area contributed by atoms with Crippen molar-refractivity contribution in [2.24, 2.45) is 0 Å². The van der Waals surface area contributed by atoms with Gasteiger partial charge in [0.25, 0.3) is 0 Å². The molecule has 0 aliphatic rings. The van der Waals surface area contributed by atoms with Crippen molar-refractivity contribution in [3.63, 3.8) is 0 Å². The average molecular weight is 470 g/mol. The first-order chi connectivity index (χ1) is 15.9. The molecule has 4 nitrogen and oxygen atoms in total. The Bertz CT molecular complexity index is 1200. The third-order valence-corrected chi connectivity index (χ3v) is 5.49. The molecule has 0 saturated heterocycles. The lowest BCUT2D eigenvalue weighted by Crippen LogP contribution is -2.38. The minimum absolute atomic E-state index is 0.0768. The van der Waals surface area contributed by atoms with Crippen molar-refractivity contribution in [3.8, 4) is 16.9 Å². The van der Waals surface area contributed by atoms with E-state index in [1.54, 1.807) is 25.1 Å². The summed E-state index contributed by atoms with van der Waals surface area (Å²) in [5.41, 5.74) is 1.39. The van der Waals surface area contributed by atoms with Gasteiger partial charge in [0.2, 0.25) is 0 Å². The van der Waals surface area contributed by atoms with Gasteiger partial charge in [0.05, 0.1) is 5.56 Å². The highest BCUT2D eigenvalue weighted by Crippen LogP contribution is 2.31. The fourth-order valence-electron chi connectivity index (χ4n) is 3.42. The van der Waals surface area contributed by atoms with Crippen LogP contribution >= 0.6 is 0 Å². The van der Waals surface area contributed by atoms with E-state index in [1.807, 2.05) is 24.3 Å². The summed E-state index contributed by atoms with van der Waals surface area (Å²) in [6.45, 7) is 4.65. The van der Waals surface area contributed by atoms with Crippen LogP contribution in [0.3, 0.4) is 0 Å². The van der Waals surface area contributed by atoms with Gasteiger partial charge < -0.3 is 9.84 Å². The van der Waals surface area contributed by atoms with Crippen molar-refractivity contribution in [2.45, 2.75) is 45.4 Å². The highest BCUT2D eigenvalue weighted by atomic mass is 19.4. The van der Waals surface area contributed by atoms with E-state index in [1.165, 1.54) is 26.0 Å². The molecule has 0 spiro atoms. The summed E-state index contributed by atoms with van der Waals surface area (Å²) in [7, 11) is 0. The summed E-state index contributed by atoms with van der Waals surface area (Å²) in [6, 6.07) is 17.2. The van der Waals surface area contributed by atoms with Gasteiger partial charge in [-0.2, -0.15) is 13.2 Å². The Kier molecular flexibility index (Phi) is 7.15. The van der Waals surface area contributed by atoms with Crippen LogP contribution in [-0.2, 0) is 17.4 Å². The quantitative estimate of drug-likeness (QED) is 0.371. The van der Waals surface area contributed by atoms with E-state index in [0.29, 0.717) is 28.9 Å². The molecule has 3 aromatic carbocycles. The monoisotopic (exact) mass is 470 g/mol. The smallest absolute Gasteiger partial charge is 0.416 e. The van der Waals surface area contributed by atoms with Gasteiger partial charge in [-0.15, -0.1) is 0 Å². The highest BCUT2D eigenvalue weighted by molar-refractivity contribution is 5.96. The van der Waals surface area contributed by atoms with E-state index in [4.69, 9.17) is 4.74 Å². The van der Waals surface area contributed by atoms with E-state index in [0.717, 1.165) is 23.3 Å². The number of Topliss-reactive ketones (excluding diaryl/α,β-unsaturated/α-hetero) is 1. The number of carbonyl (C=O) groups is 2. The third-order valence-electron chi connectivity index (χ3n) is 5.49. The Morgan fingerprint density at radius 3 is 2.18 bits per heavy atom. The third kappa shape index (κ3) is 6.04. The Morgan fingerprint density at radius 1 is 0.912 bits per heavy atom. The number of ether oxygens (including phenoxy) is 1. The molecule has 34 heavy (non-hydrogen) atoms. The van der Waals surface area contributed by atoms with Crippen LogP contribution < -0.4 is 4.74 Å². The Hall–Kier alpha value is -3.61. The summed E-state index contributed by atoms with van der Waals surface area (Å²) < 4.78 is 43.9. The van der Waals surface area contributed by atoms with E-state index in [-0.39, 0.29) is 12.2 Å². The van der Waals surface area contributed by atoms with Crippen molar-refractivity contribution in [2.75, 3.05) is 0 Å². The Morgan fingerprint density at radius 2 is 1.59 bits per heavy atom. The van der Waals surface area contributed by atoms with Gasteiger partial charge in [-0.25, -0.2) is 4.79 Å². The first-order valence-electron chi connectivity index (χ1n) is 10.7. The maximum atomic E-state index is 12.8. The molecule has 0 heterocycles. The number of rotatable bonds is 8. The molecule has 0 fully saturated rings. The van der Waals surface area contributed by atoms with Crippen LogP contribution in [0.2, 0.25) is 0 Å². The fraction of sp³-hybridized carbons (Fsp3) is 0.259. The predicted octanol–water partition coefficient (Wildman–Crippen LogP) is 6.74. The zero-order valence-electron chi connectivity index (χ0n) is 19.1. The van der Waals surface area contributed by atoms with Crippen molar-refractivity contribution in [1.29, 1.82) is 0 Å². The summed E-state index contributed by atoms with van der Waals surface area (Å²) in [6.07, 6.45) is -3.66. The van der Waals surface area contributed by atoms with Gasteiger partial charge in [0.1, 0.15) is 5.75 Å². The predicted molar refractivity (Wildman–Crippen MR) is 123 cm³/mol. The highest BCUT2D eigenvalue weighted by Gasteiger charge is 2.30. The number of benzene rings is 3. The molecule has 0 aliphatic carbocycles. The minimum atomic E-state index is -4.38. The van der Waals surface area contributed by atoms with E-state index in [9.17, 15) is 27.9 Å². The van der Waals surface area contributed by atoms with Gasteiger partial charge >= 0.3 is 12.1 Å². The van der Waals surface area contributed by atoms with E-state index in [2.05, 4.69) is 0 Å². The van der Waals surface area contributed by atoms with Crippen molar-refractivity contribution < 1.29 is 32.6 Å². The maximum absolute atomic E-state index is 12.8. The number of ketones is 1. The fourth-order valence-corrected chi connectivity index (χ4v) is 3.42. The lowest BCUT2D eigenvalue weighted by atomic mass is 9.97. The largest absolute Gasteiger partial charge is 0.478 e. The molecular weight excluding hydrogens is 445 g/mol. The second-order valence-electron chi connectivity index (χ2n) is 8.60. The van der Waals surface area contributed by atoms with Crippen LogP contribution in [0.5, 0.6) is 5.75 Å². The van der Waals surface area contributed by atoms with Gasteiger partial charge in [-0.1, -0.05) is 36.4 Å². The molecule has 3 rings (SSSR count). The molecule has 1 N–H and O–H groups in total. The number of carboxylic acids is 1. The van der Waals surface area contributed by atoms with Crippen molar-refractivity contribution in [3.05, 3.63) is 89.0 Å². The number of carboxylic acid groups (broad SMARTS) is 1. The number of aryl methyl sites for hydroxylation is 2. The first kappa shape index (κ1) is 25.0. The van der Waals surface area contributed by atoms with Crippen LogP contribution in [0.4, 0.5) is 13.2 Å². The van der Waals surface area contributed by atoms with Gasteiger partial charge in [-0.3, -0.25) is 4.79 Å². The molecule has 7 heteroatoms. The van der Waals surface area contributed by atoms with Gasteiger partial charge in [0.15, 0.2) is 11.4 Å². The second-order valence-corrected chi connectivity index (χ2v) is 8.60. The Balaban J connectivity index is 1.67. The summed E-state index contributed by atoms with van der Waals surface area (Å²) in [5.74, 6) is -0.772. The number of halogens is 3. The van der Waals surface area contributed by atoms with Gasteiger partial charge in [0, 0.05) is 12.0 Å². The molecule has 0 aliphatic heterocycles. The van der Waals surface area contributed by atoms with Crippen LogP contribution in [0.15, 0.2) is 66.7 Å². The van der Waals surface area contributed by atoms with E-state index < -0.39 is 23.3 Å². The van der Waals surface area contributed by atoms with Crippen LogP contribution in [0.1, 0.15) is 47.3 Å². The molecule has 0 aromatic heterocycles. The topological polar surface area (TPSA) is 63.6 Å². The molecule has 0 unspecified atom stereocenters. The SMILES string of the molecule is Cc1cc(C(=O)CCc2cccc(-c3ccc(C(F)(F)F)cc3)c2)ccc1OC(C)(C)C(=O)O. The molecule has 0 bridgehead atoms. The van der Waals surface area contributed by atoms with E-state index >= 15 is 0 Å². The maximum Gasteiger partial charge on any atom is 0.416 e. The minimum Gasteiger partial charge on any atom is -0.478 e. The summed E-state index contributed by atoms with van der Waals surface area (Å²) in [4.78, 5) is 24.0. The molecule has 0 radical (unpaired) electrons. The van der Waals surface area contributed by atoms with Crippen LogP contribution in [0.25, 0.3) is 11.1 Å². The Labute approximate surface area is 196 Å². The molecule has 0 saturated carbocycles.